The molecule has 11 heteroatoms. The van der Waals surface area contributed by atoms with Crippen LogP contribution in [-0.4, -0.2) is 24.6 Å². The first-order valence-corrected chi connectivity index (χ1v) is 11.7. The Morgan fingerprint density at radius 1 is 0.943 bits per heavy atom. The fourth-order valence-electron chi connectivity index (χ4n) is 3.14. The summed E-state index contributed by atoms with van der Waals surface area (Å²) in [7, 11) is 0. The molecule has 0 atom stereocenters. The van der Waals surface area contributed by atoms with Crippen LogP contribution < -0.4 is 20.1 Å². The van der Waals surface area contributed by atoms with Gasteiger partial charge in [0.25, 0.3) is 5.69 Å². The van der Waals surface area contributed by atoms with Gasteiger partial charge in [-0.05, 0) is 48.9 Å². The zero-order valence-electron chi connectivity index (χ0n) is 18.9. The SMILES string of the molecule is CCOc1cc(CNCCNc2ccc([N+](=O)[O-])cc2)cc(Cl)c1OCc1ccc(Cl)cc1Cl.Cl. The summed E-state index contributed by atoms with van der Waals surface area (Å²) in [5.41, 5.74) is 2.61. The summed E-state index contributed by atoms with van der Waals surface area (Å²) in [5.74, 6) is 1.01. The molecule has 2 N–H and O–H groups in total. The topological polar surface area (TPSA) is 85.7 Å². The third kappa shape index (κ3) is 8.63. The molecule has 0 aliphatic heterocycles. The zero-order valence-corrected chi connectivity index (χ0v) is 21.9. The summed E-state index contributed by atoms with van der Waals surface area (Å²) in [4.78, 5) is 10.3. The predicted molar refractivity (Wildman–Crippen MR) is 144 cm³/mol. The first-order valence-electron chi connectivity index (χ1n) is 10.6. The standard InChI is InChI=1S/C24H24Cl3N3O4.ClH/c1-2-33-23-12-16(14-28-9-10-29-19-5-7-20(8-6-19)30(31)32)11-22(27)24(23)34-15-17-3-4-18(25)13-21(17)26;/h3-8,11-13,28-29H,2,9-10,14-15H2,1H3;1H. The summed E-state index contributed by atoms with van der Waals surface area (Å²) < 4.78 is 11.7. The van der Waals surface area contributed by atoms with Gasteiger partial charge in [-0.1, -0.05) is 40.9 Å². The lowest BCUT2D eigenvalue weighted by Crippen LogP contribution is -2.21. The Hall–Kier alpha value is -2.42. The van der Waals surface area contributed by atoms with Gasteiger partial charge in [-0.3, -0.25) is 10.1 Å². The maximum Gasteiger partial charge on any atom is 0.269 e. The Labute approximate surface area is 225 Å². The highest BCUT2D eigenvalue weighted by Gasteiger charge is 2.14. The summed E-state index contributed by atoms with van der Waals surface area (Å²) in [5, 5.41) is 18.8. The number of benzene rings is 3. The molecule has 0 radical (unpaired) electrons. The molecular formula is C24H25Cl4N3O4. The van der Waals surface area contributed by atoms with E-state index in [1.54, 1.807) is 24.3 Å². The second-order valence-electron chi connectivity index (χ2n) is 7.27. The van der Waals surface area contributed by atoms with Crippen LogP contribution in [-0.2, 0) is 13.2 Å². The molecule has 7 nitrogen and oxygen atoms in total. The van der Waals surface area contributed by atoms with Crippen LogP contribution in [0.2, 0.25) is 15.1 Å². The van der Waals surface area contributed by atoms with E-state index in [-0.39, 0.29) is 24.7 Å². The number of non-ortho nitro benzene ring substituents is 1. The van der Waals surface area contributed by atoms with Crippen molar-refractivity contribution >= 4 is 58.6 Å². The normalized spacial score (nSPS) is 10.4. The number of ether oxygens (including phenoxy) is 2. The van der Waals surface area contributed by atoms with E-state index in [0.29, 0.717) is 52.8 Å². The summed E-state index contributed by atoms with van der Waals surface area (Å²) in [6.45, 7) is 4.47. The van der Waals surface area contributed by atoms with Crippen molar-refractivity contribution < 1.29 is 14.4 Å². The molecule has 0 aromatic heterocycles. The number of nitrogens with one attached hydrogen (secondary N) is 2. The molecule has 3 rings (SSSR count). The smallest absolute Gasteiger partial charge is 0.269 e. The maximum absolute atomic E-state index is 10.7. The molecule has 3 aromatic carbocycles. The largest absolute Gasteiger partial charge is 0.490 e. The van der Waals surface area contributed by atoms with Gasteiger partial charge in [-0.2, -0.15) is 0 Å². The molecule has 0 saturated heterocycles. The third-order valence-electron chi connectivity index (χ3n) is 4.79. The van der Waals surface area contributed by atoms with Crippen LogP contribution in [0.25, 0.3) is 0 Å². The van der Waals surface area contributed by atoms with E-state index in [2.05, 4.69) is 10.6 Å². The Balaban J connectivity index is 0.00000432. The number of halogens is 4. The minimum absolute atomic E-state index is 0. The minimum atomic E-state index is -0.421. The van der Waals surface area contributed by atoms with E-state index < -0.39 is 4.92 Å². The molecule has 188 valence electrons. The molecule has 0 bridgehead atoms. The number of hydrogen-bond acceptors (Lipinski definition) is 6. The van der Waals surface area contributed by atoms with Crippen LogP contribution in [0.1, 0.15) is 18.1 Å². The highest BCUT2D eigenvalue weighted by atomic mass is 35.5. The maximum atomic E-state index is 10.7. The number of nitro groups is 1. The molecular weight excluding hydrogens is 536 g/mol. The van der Waals surface area contributed by atoms with E-state index in [1.807, 2.05) is 25.1 Å². The fourth-order valence-corrected chi connectivity index (χ4v) is 3.89. The molecule has 0 saturated carbocycles. The predicted octanol–water partition coefficient (Wildman–Crippen LogP) is 7.16. The molecule has 0 amide bonds. The summed E-state index contributed by atoms with van der Waals surface area (Å²) in [6, 6.07) is 15.3. The Kier molecular flexibility index (Phi) is 11.7. The average Bonchev–Trinajstić information content (AvgIpc) is 2.80. The van der Waals surface area contributed by atoms with Crippen molar-refractivity contribution in [3.05, 3.63) is 90.9 Å². The van der Waals surface area contributed by atoms with Crippen molar-refractivity contribution in [2.24, 2.45) is 0 Å². The second kappa shape index (κ2) is 14.2. The van der Waals surface area contributed by atoms with Gasteiger partial charge < -0.3 is 20.1 Å². The van der Waals surface area contributed by atoms with Gasteiger partial charge in [-0.15, -0.1) is 12.4 Å². The van der Waals surface area contributed by atoms with Crippen LogP contribution in [0.4, 0.5) is 11.4 Å². The molecule has 0 aliphatic rings. The molecule has 35 heavy (non-hydrogen) atoms. The minimum Gasteiger partial charge on any atom is -0.490 e. The van der Waals surface area contributed by atoms with Crippen molar-refractivity contribution in [3.63, 3.8) is 0 Å². The Morgan fingerprint density at radius 3 is 2.34 bits per heavy atom. The quantitative estimate of drug-likeness (QED) is 0.139. The molecule has 3 aromatic rings. The summed E-state index contributed by atoms with van der Waals surface area (Å²) in [6.07, 6.45) is 0. The van der Waals surface area contributed by atoms with Gasteiger partial charge >= 0.3 is 0 Å². The first kappa shape index (κ1) is 28.8. The fraction of sp³-hybridized carbons (Fsp3) is 0.250. The van der Waals surface area contributed by atoms with E-state index in [9.17, 15) is 10.1 Å². The van der Waals surface area contributed by atoms with Crippen molar-refractivity contribution in [1.82, 2.24) is 5.32 Å². The Morgan fingerprint density at radius 2 is 1.69 bits per heavy atom. The zero-order chi connectivity index (χ0) is 24.5. The van der Waals surface area contributed by atoms with E-state index in [0.717, 1.165) is 16.8 Å². The number of anilines is 1. The average molecular weight is 561 g/mol. The van der Waals surface area contributed by atoms with Gasteiger partial charge in [0.1, 0.15) is 6.61 Å². The molecule has 0 aliphatic carbocycles. The van der Waals surface area contributed by atoms with Crippen molar-refractivity contribution in [3.8, 4) is 11.5 Å². The van der Waals surface area contributed by atoms with Gasteiger partial charge in [0.05, 0.1) is 16.6 Å². The lowest BCUT2D eigenvalue weighted by molar-refractivity contribution is -0.384. The van der Waals surface area contributed by atoms with Crippen LogP contribution in [0.5, 0.6) is 11.5 Å². The van der Waals surface area contributed by atoms with Crippen molar-refractivity contribution in [1.29, 1.82) is 0 Å². The first-order chi connectivity index (χ1) is 16.4. The number of rotatable bonds is 12. The number of nitrogens with zero attached hydrogens (tertiary/aromatic N) is 1. The van der Waals surface area contributed by atoms with Crippen LogP contribution in [0.15, 0.2) is 54.6 Å². The number of nitro benzene ring substituents is 1. The van der Waals surface area contributed by atoms with Crippen LogP contribution in [0, 0.1) is 10.1 Å². The van der Waals surface area contributed by atoms with Crippen LogP contribution >= 0.6 is 47.2 Å². The highest BCUT2D eigenvalue weighted by molar-refractivity contribution is 6.35. The second-order valence-corrected chi connectivity index (χ2v) is 8.52. The Bertz CT molecular complexity index is 1130. The van der Waals surface area contributed by atoms with Gasteiger partial charge in [0, 0.05) is 53.1 Å². The van der Waals surface area contributed by atoms with Crippen LogP contribution in [0.3, 0.4) is 0 Å². The monoisotopic (exact) mass is 559 g/mol. The molecule has 0 fully saturated rings. The van der Waals surface area contributed by atoms with Gasteiger partial charge in [0.2, 0.25) is 0 Å². The highest BCUT2D eigenvalue weighted by Crippen LogP contribution is 2.37. The molecule has 0 unspecified atom stereocenters. The van der Waals surface area contributed by atoms with Crippen molar-refractivity contribution in [2.75, 3.05) is 25.0 Å². The van der Waals surface area contributed by atoms with E-state index in [4.69, 9.17) is 44.3 Å². The van der Waals surface area contributed by atoms with Crippen molar-refractivity contribution in [2.45, 2.75) is 20.1 Å². The molecule has 0 heterocycles. The lowest BCUT2D eigenvalue weighted by atomic mass is 10.2. The van der Waals surface area contributed by atoms with E-state index in [1.165, 1.54) is 12.1 Å². The summed E-state index contributed by atoms with van der Waals surface area (Å²) >= 11 is 18.7. The lowest BCUT2D eigenvalue weighted by Gasteiger charge is -2.16. The number of hydrogen-bond donors (Lipinski definition) is 2. The van der Waals surface area contributed by atoms with Gasteiger partial charge in [-0.25, -0.2) is 0 Å². The van der Waals surface area contributed by atoms with Gasteiger partial charge in [0.15, 0.2) is 11.5 Å². The van der Waals surface area contributed by atoms with E-state index >= 15 is 0 Å². The third-order valence-corrected chi connectivity index (χ3v) is 5.66. The molecule has 0 spiro atoms.